The van der Waals surface area contributed by atoms with E-state index in [1.807, 2.05) is 20.8 Å². The molecule has 0 saturated heterocycles. The van der Waals surface area contributed by atoms with Crippen LogP contribution in [0.1, 0.15) is 87.0 Å². The molecule has 1 fully saturated rings. The topological polar surface area (TPSA) is 58.8 Å². The van der Waals surface area contributed by atoms with Crippen molar-refractivity contribution in [1.82, 2.24) is 0 Å². The van der Waals surface area contributed by atoms with Gasteiger partial charge in [0.25, 0.3) is 0 Å². The molecule has 1 N–H and O–H groups in total. The van der Waals surface area contributed by atoms with E-state index in [1.165, 1.54) is 12.1 Å². The summed E-state index contributed by atoms with van der Waals surface area (Å²) in [6, 6.07) is 0. The summed E-state index contributed by atoms with van der Waals surface area (Å²) in [5.74, 6) is 0.288. The van der Waals surface area contributed by atoms with Crippen LogP contribution in [0.15, 0.2) is 0 Å². The molecule has 2 aliphatic heterocycles. The van der Waals surface area contributed by atoms with Crippen LogP contribution in [0, 0.1) is 22.7 Å². The first-order valence-electron chi connectivity index (χ1n) is 13.3. The number of nitrogens with zero attached hydrogens (tertiary/aromatic N) is 1. The fourth-order valence-electron chi connectivity index (χ4n) is 6.23. The molecule has 33 heavy (non-hydrogen) atoms. The van der Waals surface area contributed by atoms with Gasteiger partial charge >= 0.3 is 5.97 Å². The summed E-state index contributed by atoms with van der Waals surface area (Å²) in [5, 5.41) is 11.8. The number of fused-ring (bicyclic) bond motifs is 1. The largest absolute Gasteiger partial charge is 0.465 e. The Morgan fingerprint density at radius 2 is 1.79 bits per heavy atom. The Morgan fingerprint density at radius 1 is 1.15 bits per heavy atom. The van der Waals surface area contributed by atoms with Gasteiger partial charge in [-0.05, 0) is 64.1 Å². The smallest absolute Gasteiger partial charge is 0.311 e. The predicted molar refractivity (Wildman–Crippen MR) is 136 cm³/mol. The predicted octanol–water partition coefficient (Wildman–Crippen LogP) is 5.40. The highest BCUT2D eigenvalue weighted by Gasteiger charge is 2.62. The van der Waals surface area contributed by atoms with Crippen molar-refractivity contribution in [1.29, 1.82) is 0 Å². The summed E-state index contributed by atoms with van der Waals surface area (Å²) >= 11 is 0. The zero-order valence-corrected chi connectivity index (χ0v) is 23.8. The van der Waals surface area contributed by atoms with Gasteiger partial charge in [-0.3, -0.25) is 4.79 Å². The molecule has 0 unspecified atom stereocenters. The molecule has 6 heteroatoms. The molecule has 1 aliphatic carbocycles. The summed E-state index contributed by atoms with van der Waals surface area (Å²) in [7, 11) is -2.01. The number of aliphatic hydroxyl groups is 1. The van der Waals surface area contributed by atoms with E-state index in [4.69, 9.17) is 9.16 Å². The lowest BCUT2D eigenvalue weighted by atomic mass is 9.54. The second-order valence-corrected chi connectivity index (χ2v) is 18.3. The van der Waals surface area contributed by atoms with Gasteiger partial charge in [0.2, 0.25) is 0 Å². The highest BCUT2D eigenvalue weighted by molar-refractivity contribution is 6.74. The van der Waals surface area contributed by atoms with E-state index in [9.17, 15) is 9.90 Å². The van der Waals surface area contributed by atoms with Crippen LogP contribution in [0.3, 0.4) is 0 Å². The molecular weight excluding hydrogens is 430 g/mol. The molecule has 0 bridgehead atoms. The molecule has 5 atom stereocenters. The van der Waals surface area contributed by atoms with Gasteiger partial charge in [-0.1, -0.05) is 27.7 Å². The van der Waals surface area contributed by atoms with Crippen molar-refractivity contribution < 1.29 is 23.6 Å². The minimum absolute atomic E-state index is 0.0793. The van der Waals surface area contributed by atoms with Crippen molar-refractivity contribution in [2.24, 2.45) is 22.7 Å². The molecular formula is C27H50NO4Si+. The Kier molecular flexibility index (Phi) is 7.64. The quantitative estimate of drug-likeness (QED) is 0.325. The van der Waals surface area contributed by atoms with Crippen LogP contribution in [0.25, 0.3) is 0 Å². The number of aliphatic hydroxyl groups excluding tert-OH is 1. The van der Waals surface area contributed by atoms with Crippen LogP contribution < -0.4 is 0 Å². The van der Waals surface area contributed by atoms with E-state index in [0.29, 0.717) is 6.61 Å². The average Bonchev–Trinajstić information content (AvgIpc) is 3.16. The number of hydrogen-bond donors (Lipinski definition) is 1. The third-order valence-electron chi connectivity index (χ3n) is 9.10. The molecule has 1 saturated carbocycles. The normalized spacial score (nSPS) is 33.4. The minimum atomic E-state index is -2.01. The molecule has 1 spiro atoms. The van der Waals surface area contributed by atoms with Gasteiger partial charge in [0.05, 0.1) is 29.6 Å². The highest BCUT2D eigenvalue weighted by atomic mass is 28.4. The average molecular weight is 481 g/mol. The maximum Gasteiger partial charge on any atom is 0.311 e. The van der Waals surface area contributed by atoms with Gasteiger partial charge in [0.15, 0.2) is 14.0 Å². The molecule has 2 heterocycles. The summed E-state index contributed by atoms with van der Waals surface area (Å²) in [6.45, 7) is 22.1. The number of esters is 1. The monoisotopic (exact) mass is 480 g/mol. The van der Waals surface area contributed by atoms with Crippen molar-refractivity contribution >= 4 is 20.0 Å². The maximum atomic E-state index is 12.5. The van der Waals surface area contributed by atoms with E-state index in [2.05, 4.69) is 45.4 Å². The van der Waals surface area contributed by atoms with Gasteiger partial charge in [0.1, 0.15) is 13.1 Å². The van der Waals surface area contributed by atoms with Crippen molar-refractivity contribution in [3.05, 3.63) is 0 Å². The number of ether oxygens (including phenoxy) is 1. The number of carbonyl (C=O) groups is 1. The molecule has 0 amide bonds. The molecule has 0 aromatic rings. The molecule has 0 aromatic carbocycles. The minimum Gasteiger partial charge on any atom is -0.465 e. The lowest BCUT2D eigenvalue weighted by Gasteiger charge is -2.55. The van der Waals surface area contributed by atoms with Crippen LogP contribution in [-0.4, -0.2) is 61.6 Å². The van der Waals surface area contributed by atoms with Crippen LogP contribution in [-0.2, 0) is 14.0 Å². The van der Waals surface area contributed by atoms with E-state index in [1.54, 1.807) is 0 Å². The summed E-state index contributed by atoms with van der Waals surface area (Å²) in [6.07, 6.45) is 5.65. The third-order valence-corrected chi connectivity index (χ3v) is 13.6. The number of carbonyl (C=O) groups excluding carboxylic acids is 1. The van der Waals surface area contributed by atoms with Gasteiger partial charge in [-0.25, -0.2) is 4.58 Å². The van der Waals surface area contributed by atoms with E-state index < -0.39 is 13.7 Å². The second kappa shape index (κ2) is 9.38. The second-order valence-electron chi connectivity index (χ2n) is 13.5. The maximum absolute atomic E-state index is 12.5. The Balaban J connectivity index is 1.98. The highest BCUT2D eigenvalue weighted by Crippen LogP contribution is 2.54. The Bertz CT molecular complexity index is 763. The molecule has 0 aromatic heterocycles. The van der Waals surface area contributed by atoms with E-state index >= 15 is 0 Å². The number of hydrogen-bond acceptors (Lipinski definition) is 4. The standard InChI is InChI=1S/C27H50NO4Si/c1-19-18-22(29)27(14-11-16-28-15-10-12-21(27)28)20(13-17-31-24(30)25(2,3)4)23(19)32-33(8,9)26(5,6)7/h19-20,22-23,29H,10-18H2,1-9H3/q+1/t19-,20+,22-,23-,27+/m0/s1. The van der Waals surface area contributed by atoms with E-state index in [0.717, 1.165) is 45.2 Å². The lowest BCUT2D eigenvalue weighted by molar-refractivity contribution is -0.531. The van der Waals surface area contributed by atoms with Crippen LogP contribution in [0.5, 0.6) is 0 Å². The summed E-state index contributed by atoms with van der Waals surface area (Å²) < 4.78 is 15.5. The van der Waals surface area contributed by atoms with Gasteiger partial charge in [0, 0.05) is 25.2 Å². The Morgan fingerprint density at radius 3 is 2.39 bits per heavy atom. The Labute approximate surface area is 203 Å². The third kappa shape index (κ3) is 5.13. The van der Waals surface area contributed by atoms with Gasteiger partial charge < -0.3 is 14.3 Å². The SMILES string of the molecule is C[C@H]1C[C@H](O)[C@]2(CCC[N+]3=C2CCC3)[C@H](CCOC(=O)C(C)(C)C)[C@H]1O[Si](C)(C)C(C)(C)C. The van der Waals surface area contributed by atoms with Crippen molar-refractivity contribution in [2.75, 3.05) is 19.7 Å². The van der Waals surface area contributed by atoms with Crippen LogP contribution in [0.2, 0.25) is 18.1 Å². The summed E-state index contributed by atoms with van der Waals surface area (Å²) in [4.78, 5) is 12.5. The van der Waals surface area contributed by atoms with Crippen molar-refractivity contribution in [2.45, 2.75) is 117 Å². The van der Waals surface area contributed by atoms with Crippen molar-refractivity contribution in [3.63, 3.8) is 0 Å². The van der Waals surface area contributed by atoms with Crippen LogP contribution >= 0.6 is 0 Å². The first-order valence-corrected chi connectivity index (χ1v) is 16.2. The fraction of sp³-hybridized carbons (Fsp3) is 0.926. The Hall–Kier alpha value is -0.723. The molecule has 3 aliphatic rings. The first kappa shape index (κ1) is 26.9. The molecule has 5 nitrogen and oxygen atoms in total. The van der Waals surface area contributed by atoms with Crippen molar-refractivity contribution in [3.8, 4) is 0 Å². The lowest BCUT2D eigenvalue weighted by Crippen LogP contribution is -2.63. The number of rotatable bonds is 5. The fourth-order valence-corrected chi connectivity index (χ4v) is 7.67. The summed E-state index contributed by atoms with van der Waals surface area (Å²) in [5.41, 5.74) is 0.711. The molecule has 0 radical (unpaired) electrons. The van der Waals surface area contributed by atoms with Crippen LogP contribution in [0.4, 0.5) is 0 Å². The van der Waals surface area contributed by atoms with Gasteiger partial charge in [-0.2, -0.15) is 0 Å². The molecule has 190 valence electrons. The van der Waals surface area contributed by atoms with E-state index in [-0.39, 0.29) is 40.5 Å². The zero-order valence-electron chi connectivity index (χ0n) is 22.8. The molecule has 3 rings (SSSR count). The van der Waals surface area contributed by atoms with Gasteiger partial charge in [-0.15, -0.1) is 0 Å². The zero-order chi connectivity index (χ0) is 24.8. The first-order chi connectivity index (χ1) is 15.1.